The maximum Gasteiger partial charge on any atom is 0.234 e. The molecule has 0 aliphatic heterocycles. The van der Waals surface area contributed by atoms with Crippen LogP contribution >= 0.6 is 0 Å². The number of isocyanates is 1. The standard InChI is InChI=1S/C7H9NO3/c1-2-6(10)7(11)3-4-8-5-9/h2,6,10H,1,3-4H2. The maximum atomic E-state index is 10.7. The molecule has 0 aliphatic rings. The van der Waals surface area contributed by atoms with Gasteiger partial charge < -0.3 is 5.11 Å². The van der Waals surface area contributed by atoms with Gasteiger partial charge in [0.05, 0.1) is 6.54 Å². The highest BCUT2D eigenvalue weighted by atomic mass is 16.3. The van der Waals surface area contributed by atoms with Crippen molar-refractivity contribution in [2.75, 3.05) is 6.54 Å². The van der Waals surface area contributed by atoms with Crippen LogP contribution < -0.4 is 0 Å². The fourth-order valence-corrected chi connectivity index (χ4v) is 0.491. The van der Waals surface area contributed by atoms with Crippen molar-refractivity contribution in [2.24, 2.45) is 4.99 Å². The summed E-state index contributed by atoms with van der Waals surface area (Å²) in [6.45, 7) is 3.31. The average molecular weight is 155 g/mol. The van der Waals surface area contributed by atoms with Gasteiger partial charge in [-0.2, -0.15) is 0 Å². The highest BCUT2D eigenvalue weighted by Crippen LogP contribution is 1.92. The molecule has 60 valence electrons. The molecule has 4 nitrogen and oxygen atoms in total. The van der Waals surface area contributed by atoms with Gasteiger partial charge in [-0.25, -0.2) is 9.79 Å². The normalized spacial score (nSPS) is 11.4. The predicted molar refractivity (Wildman–Crippen MR) is 38.8 cm³/mol. The molecule has 0 heterocycles. The second kappa shape index (κ2) is 5.53. The van der Waals surface area contributed by atoms with E-state index in [0.29, 0.717) is 0 Å². The molecule has 1 unspecified atom stereocenters. The molecule has 0 saturated carbocycles. The van der Waals surface area contributed by atoms with Crippen LogP contribution in [0.2, 0.25) is 0 Å². The highest BCUT2D eigenvalue weighted by Gasteiger charge is 2.08. The molecule has 4 heteroatoms. The molecule has 0 saturated heterocycles. The van der Waals surface area contributed by atoms with Crippen LogP contribution in [0.4, 0.5) is 0 Å². The summed E-state index contributed by atoms with van der Waals surface area (Å²) in [6, 6.07) is 0. The lowest BCUT2D eigenvalue weighted by molar-refractivity contribution is -0.124. The molecule has 0 aliphatic carbocycles. The zero-order valence-corrected chi connectivity index (χ0v) is 5.99. The third-order valence-electron chi connectivity index (χ3n) is 1.09. The SMILES string of the molecule is C=CC(O)C(=O)CCN=C=O. The minimum atomic E-state index is -1.14. The summed E-state index contributed by atoms with van der Waals surface area (Å²) in [5.74, 6) is -0.390. The Kier molecular flexibility index (Phi) is 4.90. The molecular weight excluding hydrogens is 146 g/mol. The zero-order valence-electron chi connectivity index (χ0n) is 5.99. The number of hydrogen-bond donors (Lipinski definition) is 1. The molecule has 0 fully saturated rings. The molecular formula is C7H9NO3. The molecule has 0 radical (unpaired) electrons. The van der Waals surface area contributed by atoms with Crippen LogP contribution in [0.1, 0.15) is 6.42 Å². The Morgan fingerprint density at radius 1 is 1.82 bits per heavy atom. The number of aliphatic hydroxyl groups is 1. The first-order valence-corrected chi connectivity index (χ1v) is 3.09. The van der Waals surface area contributed by atoms with E-state index >= 15 is 0 Å². The molecule has 1 N–H and O–H groups in total. The van der Waals surface area contributed by atoms with E-state index in [0.717, 1.165) is 6.08 Å². The van der Waals surface area contributed by atoms with E-state index in [2.05, 4.69) is 11.6 Å². The average Bonchev–Trinajstić information content (AvgIpc) is 2.03. The van der Waals surface area contributed by atoms with Crippen molar-refractivity contribution in [3.05, 3.63) is 12.7 Å². The topological polar surface area (TPSA) is 66.7 Å². The van der Waals surface area contributed by atoms with Gasteiger partial charge in [0, 0.05) is 6.42 Å². The Bertz CT molecular complexity index is 194. The van der Waals surface area contributed by atoms with Crippen LogP contribution in [0.15, 0.2) is 17.6 Å². The summed E-state index contributed by atoms with van der Waals surface area (Å²) in [5, 5.41) is 8.82. The van der Waals surface area contributed by atoms with Gasteiger partial charge in [0.25, 0.3) is 0 Å². The number of ketones is 1. The number of Topliss-reactive ketones (excluding diaryl/α,β-unsaturated/α-hetero) is 1. The first kappa shape index (κ1) is 9.75. The van der Waals surface area contributed by atoms with E-state index in [1.54, 1.807) is 0 Å². The van der Waals surface area contributed by atoms with Crippen LogP contribution in [0.5, 0.6) is 0 Å². The van der Waals surface area contributed by atoms with Crippen molar-refractivity contribution in [1.82, 2.24) is 0 Å². The van der Waals surface area contributed by atoms with E-state index in [1.165, 1.54) is 6.08 Å². The molecule has 0 aromatic heterocycles. The summed E-state index contributed by atoms with van der Waals surface area (Å²) in [5.41, 5.74) is 0. The maximum absolute atomic E-state index is 10.7. The van der Waals surface area contributed by atoms with E-state index in [4.69, 9.17) is 5.11 Å². The Hall–Kier alpha value is -1.25. The summed E-state index contributed by atoms with van der Waals surface area (Å²) in [6.07, 6.45) is 1.33. The van der Waals surface area contributed by atoms with Crippen molar-refractivity contribution in [1.29, 1.82) is 0 Å². The van der Waals surface area contributed by atoms with Gasteiger partial charge in [-0.15, -0.1) is 6.58 Å². The fraction of sp³-hybridized carbons (Fsp3) is 0.429. The number of aliphatic hydroxyl groups excluding tert-OH is 1. The molecule has 0 amide bonds. The van der Waals surface area contributed by atoms with Gasteiger partial charge in [-0.05, 0) is 0 Å². The lowest BCUT2D eigenvalue weighted by Crippen LogP contribution is -2.17. The third-order valence-corrected chi connectivity index (χ3v) is 1.09. The fourth-order valence-electron chi connectivity index (χ4n) is 0.491. The Labute approximate surface area is 64.3 Å². The van der Waals surface area contributed by atoms with Gasteiger partial charge in [0.1, 0.15) is 6.10 Å². The number of aliphatic imine (C=N–C) groups is 1. The van der Waals surface area contributed by atoms with Gasteiger partial charge >= 0.3 is 0 Å². The monoisotopic (exact) mass is 155 g/mol. The summed E-state index contributed by atoms with van der Waals surface area (Å²) in [7, 11) is 0. The minimum absolute atomic E-state index is 0.0441. The lowest BCUT2D eigenvalue weighted by atomic mass is 10.2. The molecule has 0 aromatic rings. The zero-order chi connectivity index (χ0) is 8.69. The van der Waals surface area contributed by atoms with Crippen LogP contribution in [0, 0.1) is 0 Å². The van der Waals surface area contributed by atoms with Crippen molar-refractivity contribution >= 4 is 11.9 Å². The number of carbonyl (C=O) groups is 1. The molecule has 0 aromatic carbocycles. The van der Waals surface area contributed by atoms with E-state index < -0.39 is 6.10 Å². The number of nitrogens with zero attached hydrogens (tertiary/aromatic N) is 1. The minimum Gasteiger partial charge on any atom is -0.381 e. The second-order valence-corrected chi connectivity index (χ2v) is 1.87. The first-order valence-electron chi connectivity index (χ1n) is 3.09. The smallest absolute Gasteiger partial charge is 0.234 e. The molecule has 1 atom stereocenters. The van der Waals surface area contributed by atoms with Crippen molar-refractivity contribution in [2.45, 2.75) is 12.5 Å². The van der Waals surface area contributed by atoms with Gasteiger partial charge in [-0.3, -0.25) is 4.79 Å². The van der Waals surface area contributed by atoms with E-state index in [-0.39, 0.29) is 18.7 Å². The predicted octanol–water partition coefficient (Wildman–Crippen LogP) is -0.172. The molecule has 0 spiro atoms. The number of hydrogen-bond acceptors (Lipinski definition) is 4. The van der Waals surface area contributed by atoms with Crippen LogP contribution in [0.25, 0.3) is 0 Å². The van der Waals surface area contributed by atoms with Crippen LogP contribution in [-0.2, 0) is 9.59 Å². The summed E-state index contributed by atoms with van der Waals surface area (Å²) >= 11 is 0. The van der Waals surface area contributed by atoms with Crippen molar-refractivity contribution < 1.29 is 14.7 Å². The van der Waals surface area contributed by atoms with Crippen molar-refractivity contribution in [3.63, 3.8) is 0 Å². The quantitative estimate of drug-likeness (QED) is 0.340. The third kappa shape index (κ3) is 4.19. The second-order valence-electron chi connectivity index (χ2n) is 1.87. The summed E-state index contributed by atoms with van der Waals surface area (Å²) in [4.78, 5) is 23.4. The number of rotatable bonds is 5. The number of carbonyl (C=O) groups excluding carboxylic acids is 2. The molecule has 0 rings (SSSR count). The molecule has 0 bridgehead atoms. The molecule has 11 heavy (non-hydrogen) atoms. The highest BCUT2D eigenvalue weighted by molar-refractivity contribution is 5.84. The van der Waals surface area contributed by atoms with Gasteiger partial charge in [-0.1, -0.05) is 6.08 Å². The van der Waals surface area contributed by atoms with Crippen LogP contribution in [0.3, 0.4) is 0 Å². The Morgan fingerprint density at radius 2 is 2.45 bits per heavy atom. The first-order chi connectivity index (χ1) is 5.22. The lowest BCUT2D eigenvalue weighted by Gasteiger charge is -1.99. The van der Waals surface area contributed by atoms with E-state index in [9.17, 15) is 9.59 Å². The summed E-state index contributed by atoms with van der Waals surface area (Å²) < 4.78 is 0. The van der Waals surface area contributed by atoms with Gasteiger partial charge in [0.15, 0.2) is 5.78 Å². The van der Waals surface area contributed by atoms with Gasteiger partial charge in [0.2, 0.25) is 6.08 Å². The Morgan fingerprint density at radius 3 is 2.91 bits per heavy atom. The van der Waals surface area contributed by atoms with Crippen LogP contribution in [-0.4, -0.2) is 29.6 Å². The van der Waals surface area contributed by atoms with E-state index in [1.807, 2.05) is 0 Å². The van der Waals surface area contributed by atoms with Crippen molar-refractivity contribution in [3.8, 4) is 0 Å². The largest absolute Gasteiger partial charge is 0.381 e. The Balaban J connectivity index is 3.68.